The highest BCUT2D eigenvalue weighted by Crippen LogP contribution is 2.35. The van der Waals surface area contributed by atoms with Crippen LogP contribution >= 0.6 is 0 Å². The Labute approximate surface area is 120 Å². The first-order valence-electron chi connectivity index (χ1n) is 7.34. The van der Waals surface area contributed by atoms with Crippen molar-refractivity contribution in [3.05, 3.63) is 29.8 Å². The quantitative estimate of drug-likeness (QED) is 0.839. The van der Waals surface area contributed by atoms with Gasteiger partial charge < -0.3 is 14.8 Å². The van der Waals surface area contributed by atoms with Crippen LogP contribution in [0.4, 0.5) is 0 Å². The van der Waals surface area contributed by atoms with Crippen molar-refractivity contribution in [1.29, 1.82) is 0 Å². The van der Waals surface area contributed by atoms with Crippen molar-refractivity contribution in [2.45, 2.75) is 32.1 Å². The summed E-state index contributed by atoms with van der Waals surface area (Å²) in [6.07, 6.45) is 1.56. The smallest absolute Gasteiger partial charge is 0.316 e. The molecule has 1 aliphatic rings. The average molecular weight is 277 g/mol. The van der Waals surface area contributed by atoms with E-state index in [4.69, 9.17) is 9.47 Å². The number of rotatable bonds is 5. The summed E-state index contributed by atoms with van der Waals surface area (Å²) >= 11 is 0. The lowest BCUT2D eigenvalue weighted by Gasteiger charge is -2.35. The van der Waals surface area contributed by atoms with E-state index in [1.54, 1.807) is 0 Å². The zero-order valence-electron chi connectivity index (χ0n) is 12.3. The average Bonchev–Trinajstić information content (AvgIpc) is 2.49. The maximum atomic E-state index is 12.4. The van der Waals surface area contributed by atoms with E-state index >= 15 is 0 Å². The minimum Gasteiger partial charge on any atom is -0.494 e. The SMILES string of the molecule is CCOC(=O)C1(c2ccc(OCC)cc2)CCNCC1. The first-order valence-corrected chi connectivity index (χ1v) is 7.34. The Morgan fingerprint density at radius 1 is 1.15 bits per heavy atom. The van der Waals surface area contributed by atoms with Crippen molar-refractivity contribution in [2.75, 3.05) is 26.3 Å². The van der Waals surface area contributed by atoms with Gasteiger partial charge in [0, 0.05) is 0 Å². The van der Waals surface area contributed by atoms with Crippen LogP contribution in [0, 0.1) is 0 Å². The molecule has 0 unspecified atom stereocenters. The van der Waals surface area contributed by atoms with E-state index in [0.29, 0.717) is 13.2 Å². The third-order valence-electron chi connectivity index (χ3n) is 3.84. The third-order valence-corrected chi connectivity index (χ3v) is 3.84. The summed E-state index contributed by atoms with van der Waals surface area (Å²) in [5.41, 5.74) is 0.521. The standard InChI is InChI=1S/C16H23NO3/c1-3-19-14-7-5-13(6-8-14)16(15(18)20-4-2)9-11-17-12-10-16/h5-8,17H,3-4,9-12H2,1-2H3. The molecule has 1 fully saturated rings. The van der Waals surface area contributed by atoms with Gasteiger partial charge >= 0.3 is 5.97 Å². The number of piperidine rings is 1. The summed E-state index contributed by atoms with van der Waals surface area (Å²) in [4.78, 5) is 12.4. The Morgan fingerprint density at radius 3 is 2.35 bits per heavy atom. The summed E-state index contributed by atoms with van der Waals surface area (Å²) in [6.45, 7) is 6.56. The Bertz CT molecular complexity index is 436. The van der Waals surface area contributed by atoms with Gasteiger partial charge in [-0.15, -0.1) is 0 Å². The molecule has 1 N–H and O–H groups in total. The zero-order chi connectivity index (χ0) is 14.4. The summed E-state index contributed by atoms with van der Waals surface area (Å²) < 4.78 is 10.8. The fourth-order valence-corrected chi connectivity index (χ4v) is 2.77. The molecule has 0 spiro atoms. The van der Waals surface area contributed by atoms with Gasteiger partial charge in [-0.3, -0.25) is 4.79 Å². The lowest BCUT2D eigenvalue weighted by Crippen LogP contribution is -2.46. The van der Waals surface area contributed by atoms with Gasteiger partial charge in [0.2, 0.25) is 0 Å². The highest BCUT2D eigenvalue weighted by molar-refractivity contribution is 5.83. The summed E-state index contributed by atoms with van der Waals surface area (Å²) in [5, 5.41) is 3.31. The maximum Gasteiger partial charge on any atom is 0.316 e. The molecule has 0 bridgehead atoms. The summed E-state index contributed by atoms with van der Waals surface area (Å²) in [5.74, 6) is 0.731. The van der Waals surface area contributed by atoms with Crippen LogP contribution in [0.15, 0.2) is 24.3 Å². The Morgan fingerprint density at radius 2 is 1.80 bits per heavy atom. The van der Waals surface area contributed by atoms with Crippen molar-refractivity contribution < 1.29 is 14.3 Å². The molecule has 0 aliphatic carbocycles. The van der Waals surface area contributed by atoms with Gasteiger partial charge in [-0.2, -0.15) is 0 Å². The van der Waals surface area contributed by atoms with Crippen LogP contribution in [0.25, 0.3) is 0 Å². The van der Waals surface area contributed by atoms with Crippen LogP contribution in [0.2, 0.25) is 0 Å². The molecule has 110 valence electrons. The van der Waals surface area contributed by atoms with Gasteiger partial charge in [0.05, 0.1) is 18.6 Å². The summed E-state index contributed by atoms with van der Waals surface area (Å²) in [6, 6.07) is 7.85. The van der Waals surface area contributed by atoms with E-state index in [0.717, 1.165) is 37.2 Å². The predicted molar refractivity (Wildman–Crippen MR) is 78.0 cm³/mol. The normalized spacial score (nSPS) is 17.5. The molecule has 0 aromatic heterocycles. The largest absolute Gasteiger partial charge is 0.494 e. The lowest BCUT2D eigenvalue weighted by atomic mass is 9.73. The molecule has 1 heterocycles. The first kappa shape index (κ1) is 14.9. The molecule has 1 aromatic rings. The molecular formula is C16H23NO3. The second-order valence-corrected chi connectivity index (χ2v) is 5.01. The van der Waals surface area contributed by atoms with Gasteiger partial charge in [0.25, 0.3) is 0 Å². The fraction of sp³-hybridized carbons (Fsp3) is 0.562. The molecule has 2 rings (SSSR count). The number of esters is 1. The minimum atomic E-state index is -0.508. The topological polar surface area (TPSA) is 47.6 Å². The van der Waals surface area contributed by atoms with Crippen molar-refractivity contribution in [3.63, 3.8) is 0 Å². The van der Waals surface area contributed by atoms with E-state index in [1.165, 1.54) is 0 Å². The van der Waals surface area contributed by atoms with Crippen LogP contribution in [-0.2, 0) is 14.9 Å². The molecule has 1 aromatic carbocycles. The Hall–Kier alpha value is -1.55. The van der Waals surface area contributed by atoms with Crippen molar-refractivity contribution in [1.82, 2.24) is 5.32 Å². The molecule has 0 saturated carbocycles. The van der Waals surface area contributed by atoms with E-state index in [-0.39, 0.29) is 5.97 Å². The van der Waals surface area contributed by atoms with Crippen molar-refractivity contribution in [2.24, 2.45) is 0 Å². The number of carbonyl (C=O) groups excluding carboxylic acids is 1. The van der Waals surface area contributed by atoms with Crippen molar-refractivity contribution in [3.8, 4) is 5.75 Å². The van der Waals surface area contributed by atoms with Crippen molar-refractivity contribution >= 4 is 5.97 Å². The predicted octanol–water partition coefficient (Wildman–Crippen LogP) is 2.27. The highest BCUT2D eigenvalue weighted by atomic mass is 16.5. The molecule has 1 aliphatic heterocycles. The maximum absolute atomic E-state index is 12.4. The number of carbonyl (C=O) groups is 1. The monoisotopic (exact) mass is 277 g/mol. The zero-order valence-corrected chi connectivity index (χ0v) is 12.3. The number of hydrogen-bond donors (Lipinski definition) is 1. The molecule has 0 atom stereocenters. The first-order chi connectivity index (χ1) is 9.73. The number of benzene rings is 1. The Kier molecular flexibility index (Phi) is 5.01. The summed E-state index contributed by atoms with van der Waals surface area (Å²) in [7, 11) is 0. The van der Waals surface area contributed by atoms with E-state index in [9.17, 15) is 4.79 Å². The molecule has 20 heavy (non-hydrogen) atoms. The third kappa shape index (κ3) is 2.96. The number of ether oxygens (including phenoxy) is 2. The molecule has 1 saturated heterocycles. The number of hydrogen-bond acceptors (Lipinski definition) is 4. The highest BCUT2D eigenvalue weighted by Gasteiger charge is 2.42. The molecule has 0 radical (unpaired) electrons. The molecular weight excluding hydrogens is 254 g/mol. The van der Waals surface area contributed by atoms with Crippen LogP contribution in [0.3, 0.4) is 0 Å². The Balaban J connectivity index is 2.28. The second-order valence-electron chi connectivity index (χ2n) is 5.01. The van der Waals surface area contributed by atoms with Gasteiger partial charge in [-0.1, -0.05) is 12.1 Å². The van der Waals surface area contributed by atoms with Crippen LogP contribution in [0.5, 0.6) is 5.75 Å². The molecule has 4 heteroatoms. The molecule has 4 nitrogen and oxygen atoms in total. The molecule has 0 amide bonds. The lowest BCUT2D eigenvalue weighted by molar-refractivity contribution is -0.151. The van der Waals surface area contributed by atoms with Gasteiger partial charge in [0.15, 0.2) is 0 Å². The van der Waals surface area contributed by atoms with Crippen LogP contribution < -0.4 is 10.1 Å². The fourth-order valence-electron chi connectivity index (χ4n) is 2.77. The van der Waals surface area contributed by atoms with Crippen LogP contribution in [-0.4, -0.2) is 32.3 Å². The minimum absolute atomic E-state index is 0.106. The number of nitrogens with one attached hydrogen (secondary N) is 1. The second kappa shape index (κ2) is 6.75. The van der Waals surface area contributed by atoms with Crippen LogP contribution in [0.1, 0.15) is 32.3 Å². The van der Waals surface area contributed by atoms with E-state index < -0.39 is 5.41 Å². The van der Waals surface area contributed by atoms with Gasteiger partial charge in [-0.05, 0) is 57.5 Å². The van der Waals surface area contributed by atoms with E-state index in [1.807, 2.05) is 38.1 Å². The van der Waals surface area contributed by atoms with Gasteiger partial charge in [-0.25, -0.2) is 0 Å². The van der Waals surface area contributed by atoms with E-state index in [2.05, 4.69) is 5.32 Å². The van der Waals surface area contributed by atoms with Gasteiger partial charge in [0.1, 0.15) is 5.75 Å².